The Hall–Kier alpha value is -2.52. The van der Waals surface area contributed by atoms with Gasteiger partial charge in [-0.05, 0) is 43.3 Å². The van der Waals surface area contributed by atoms with Gasteiger partial charge in [0, 0.05) is 30.5 Å². The van der Waals surface area contributed by atoms with Crippen molar-refractivity contribution in [1.29, 1.82) is 0 Å². The zero-order valence-corrected chi connectivity index (χ0v) is 23.5. The number of ether oxygens (including phenoxy) is 1. The average Bonchev–Trinajstić information content (AvgIpc) is 2.85. The number of rotatable bonds is 13. The second kappa shape index (κ2) is 13.7. The summed E-state index contributed by atoms with van der Waals surface area (Å²) in [6.07, 6.45) is 1.61. The number of nitrogens with zero attached hydrogens (tertiary/aromatic N) is 1. The number of quaternary nitrogens is 1. The van der Waals surface area contributed by atoms with Gasteiger partial charge in [0.2, 0.25) is 10.0 Å². The number of halogens is 1. The molecule has 8 heteroatoms. The summed E-state index contributed by atoms with van der Waals surface area (Å²) in [4.78, 5) is 12.8. The Morgan fingerprint density at radius 1 is 0.833 bits per heavy atom. The van der Waals surface area contributed by atoms with Gasteiger partial charge >= 0.3 is 0 Å². The van der Waals surface area contributed by atoms with Crippen LogP contribution in [0.4, 0.5) is 0 Å². The van der Waals surface area contributed by atoms with Crippen LogP contribution in [0.3, 0.4) is 0 Å². The van der Waals surface area contributed by atoms with E-state index in [0.717, 1.165) is 41.7 Å². The molecule has 0 aromatic heterocycles. The van der Waals surface area contributed by atoms with E-state index in [0.29, 0.717) is 29.2 Å². The molecule has 0 saturated carbocycles. The molecule has 36 heavy (non-hydrogen) atoms. The number of hydrogen-bond acceptors (Lipinski definition) is 4. The van der Waals surface area contributed by atoms with Gasteiger partial charge in [0.05, 0.1) is 38.7 Å². The molecule has 0 aliphatic carbocycles. The van der Waals surface area contributed by atoms with Crippen molar-refractivity contribution in [2.75, 3.05) is 40.3 Å². The minimum atomic E-state index is -3.47. The molecule has 0 spiro atoms. The summed E-state index contributed by atoms with van der Waals surface area (Å²) in [6.45, 7) is 4.68. The number of carbonyl (C=O) groups excluding carboxylic acids is 1. The van der Waals surface area contributed by atoms with Gasteiger partial charge in [-0.15, -0.1) is 0 Å². The number of hydrogen-bond donors (Lipinski definition) is 1. The molecule has 0 saturated heterocycles. The highest BCUT2D eigenvalue weighted by Crippen LogP contribution is 2.16. The first-order valence-corrected chi connectivity index (χ1v) is 13.4. The van der Waals surface area contributed by atoms with Crippen molar-refractivity contribution in [1.82, 2.24) is 4.72 Å². The smallest absolute Gasteiger partial charge is 0.240 e. The quantitative estimate of drug-likeness (QED) is 0.190. The Bertz CT molecular complexity index is 1200. The molecular formula is C28H35BrN2O4S. The average molecular weight is 576 g/mol. The number of sulfonamides is 1. The second-order valence-electron chi connectivity index (χ2n) is 9.37. The van der Waals surface area contributed by atoms with Crippen LogP contribution in [-0.4, -0.2) is 59.0 Å². The Labute approximate surface area is 225 Å². The van der Waals surface area contributed by atoms with Crippen molar-refractivity contribution in [3.05, 3.63) is 95.6 Å². The van der Waals surface area contributed by atoms with Gasteiger partial charge in [-0.3, -0.25) is 4.79 Å². The van der Waals surface area contributed by atoms with E-state index >= 15 is 0 Å². The number of aryl methyl sites for hydroxylation is 1. The first kappa shape index (κ1) is 29.7. The Morgan fingerprint density at radius 3 is 2.06 bits per heavy atom. The van der Waals surface area contributed by atoms with Gasteiger partial charge in [0.1, 0.15) is 5.75 Å². The van der Waals surface area contributed by atoms with Gasteiger partial charge in [-0.1, -0.05) is 48.0 Å². The predicted molar refractivity (Wildman–Crippen MR) is 139 cm³/mol. The van der Waals surface area contributed by atoms with Crippen molar-refractivity contribution < 1.29 is 39.4 Å². The molecule has 194 valence electrons. The maximum Gasteiger partial charge on any atom is 0.240 e. The van der Waals surface area contributed by atoms with E-state index < -0.39 is 10.0 Å². The minimum absolute atomic E-state index is 0. The zero-order chi connectivity index (χ0) is 25.3. The molecule has 0 heterocycles. The predicted octanol–water partition coefficient (Wildman–Crippen LogP) is 1.44. The lowest BCUT2D eigenvalue weighted by Crippen LogP contribution is -3.00. The monoisotopic (exact) mass is 574 g/mol. The van der Waals surface area contributed by atoms with Crippen molar-refractivity contribution in [2.24, 2.45) is 0 Å². The first-order chi connectivity index (χ1) is 16.7. The van der Waals surface area contributed by atoms with Crippen LogP contribution in [0.1, 0.15) is 34.3 Å². The van der Waals surface area contributed by atoms with Gasteiger partial charge in [0.25, 0.3) is 0 Å². The number of nitrogens with one attached hydrogen (secondary N) is 1. The van der Waals surface area contributed by atoms with E-state index in [2.05, 4.69) is 18.8 Å². The van der Waals surface area contributed by atoms with Gasteiger partial charge in [-0.25, -0.2) is 13.1 Å². The Balaban J connectivity index is 0.00000456. The van der Waals surface area contributed by atoms with Gasteiger partial charge in [-0.2, -0.15) is 0 Å². The number of benzene rings is 3. The summed E-state index contributed by atoms with van der Waals surface area (Å²) >= 11 is 0. The standard InChI is InChI=1S/C28H35N2O4S.BrH/c1-23-11-17-27(18-12-23)35(32,33)29-19-7-20-30(2,3)21-8-22-34-26-15-13-25(14-16-26)28(31)24-9-5-4-6-10-24;/h4-6,9-18,29H,7-8,19-22H2,1-3H3;1H/q+1;/p-1. The molecule has 0 aliphatic rings. The Kier molecular flexibility index (Phi) is 11.3. The fourth-order valence-corrected chi connectivity index (χ4v) is 4.84. The maximum atomic E-state index is 12.5. The lowest BCUT2D eigenvalue weighted by molar-refractivity contribution is -0.890. The molecule has 0 radical (unpaired) electrons. The number of carbonyl (C=O) groups is 1. The molecule has 6 nitrogen and oxygen atoms in total. The van der Waals surface area contributed by atoms with Crippen molar-refractivity contribution in [3.8, 4) is 5.75 Å². The van der Waals surface area contributed by atoms with Crippen LogP contribution in [0.25, 0.3) is 0 Å². The third-order valence-electron chi connectivity index (χ3n) is 5.89. The second-order valence-corrected chi connectivity index (χ2v) is 11.1. The first-order valence-electron chi connectivity index (χ1n) is 11.9. The van der Waals surface area contributed by atoms with Crippen molar-refractivity contribution in [3.63, 3.8) is 0 Å². The van der Waals surface area contributed by atoms with Gasteiger partial charge in [0.15, 0.2) is 5.78 Å². The zero-order valence-electron chi connectivity index (χ0n) is 21.1. The lowest BCUT2D eigenvalue weighted by Gasteiger charge is -2.29. The summed E-state index contributed by atoms with van der Waals surface area (Å²) in [5.74, 6) is 0.739. The van der Waals surface area contributed by atoms with Crippen LogP contribution in [-0.2, 0) is 10.0 Å². The SMILES string of the molecule is Cc1ccc(S(=O)(=O)NCCC[N+](C)(C)CCCOc2ccc(C(=O)c3ccccc3)cc2)cc1.[Br-]. The van der Waals surface area contributed by atoms with Crippen LogP contribution in [0.15, 0.2) is 83.8 Å². The molecule has 0 fully saturated rings. The molecule has 0 atom stereocenters. The van der Waals surface area contributed by atoms with E-state index in [-0.39, 0.29) is 22.8 Å². The molecule has 1 N–H and O–H groups in total. The molecule has 0 aliphatic heterocycles. The highest BCUT2D eigenvalue weighted by molar-refractivity contribution is 7.89. The highest BCUT2D eigenvalue weighted by Gasteiger charge is 2.17. The Morgan fingerprint density at radius 2 is 1.42 bits per heavy atom. The summed E-state index contributed by atoms with van der Waals surface area (Å²) in [6, 6.07) is 23.3. The summed E-state index contributed by atoms with van der Waals surface area (Å²) in [7, 11) is 0.806. The molecule has 0 bridgehead atoms. The third-order valence-corrected chi connectivity index (χ3v) is 7.37. The fraction of sp³-hybridized carbons (Fsp3) is 0.321. The topological polar surface area (TPSA) is 72.5 Å². The summed E-state index contributed by atoms with van der Waals surface area (Å²) in [5.41, 5.74) is 2.34. The lowest BCUT2D eigenvalue weighted by atomic mass is 10.0. The van der Waals surface area contributed by atoms with Crippen LogP contribution in [0.2, 0.25) is 0 Å². The maximum absolute atomic E-state index is 12.5. The van der Waals surface area contributed by atoms with Crippen molar-refractivity contribution in [2.45, 2.75) is 24.7 Å². The van der Waals surface area contributed by atoms with E-state index in [1.54, 1.807) is 36.4 Å². The molecule has 0 unspecified atom stereocenters. The van der Waals surface area contributed by atoms with Gasteiger partial charge < -0.3 is 26.2 Å². The largest absolute Gasteiger partial charge is 1.00 e. The molecular weight excluding hydrogens is 540 g/mol. The van der Waals surface area contributed by atoms with Crippen molar-refractivity contribution >= 4 is 15.8 Å². The third kappa shape index (κ3) is 9.17. The highest BCUT2D eigenvalue weighted by atomic mass is 79.9. The summed E-state index contributed by atoms with van der Waals surface area (Å²) in [5, 5.41) is 0. The van der Waals surface area contributed by atoms with E-state index in [1.165, 1.54) is 0 Å². The van der Waals surface area contributed by atoms with Crippen LogP contribution in [0.5, 0.6) is 5.75 Å². The van der Waals surface area contributed by atoms with E-state index in [1.807, 2.05) is 49.4 Å². The normalized spacial score (nSPS) is 11.5. The summed E-state index contributed by atoms with van der Waals surface area (Å²) < 4.78 is 34.1. The van der Waals surface area contributed by atoms with Crippen LogP contribution >= 0.6 is 0 Å². The van der Waals surface area contributed by atoms with E-state index in [9.17, 15) is 13.2 Å². The number of ketones is 1. The minimum Gasteiger partial charge on any atom is -1.00 e. The van der Waals surface area contributed by atoms with Crippen LogP contribution < -0.4 is 26.4 Å². The van der Waals surface area contributed by atoms with E-state index in [4.69, 9.17) is 4.74 Å². The fourth-order valence-electron chi connectivity index (χ4n) is 3.77. The van der Waals surface area contributed by atoms with Crippen LogP contribution in [0, 0.1) is 6.92 Å². The molecule has 3 aromatic carbocycles. The molecule has 3 rings (SSSR count). The molecule has 3 aromatic rings. The molecule has 0 amide bonds.